The number of nitrogens with one attached hydrogen (secondary N) is 1. The summed E-state index contributed by atoms with van der Waals surface area (Å²) in [6.45, 7) is 3.93. The second-order valence-corrected chi connectivity index (χ2v) is 8.23. The van der Waals surface area contributed by atoms with Crippen LogP contribution in [-0.2, 0) is 21.9 Å². The van der Waals surface area contributed by atoms with Crippen LogP contribution in [-0.4, -0.2) is 35.6 Å². The lowest BCUT2D eigenvalue weighted by molar-refractivity contribution is -0.138. The molecule has 150 valence electrons. The molecule has 1 N–H and O–H groups in total. The van der Waals surface area contributed by atoms with Gasteiger partial charge in [-0.25, -0.2) is 0 Å². The van der Waals surface area contributed by atoms with Crippen LogP contribution in [0, 0.1) is 6.92 Å². The Bertz CT molecular complexity index is 825. The zero-order valence-corrected chi connectivity index (χ0v) is 18.5. The molecule has 1 atom stereocenters. The largest absolute Gasteiger partial charge is 0.357 e. The number of rotatable bonds is 8. The number of aryl methyl sites for hydroxylation is 1. The second kappa shape index (κ2) is 10.7. The number of nitrogens with zero attached hydrogens (tertiary/aromatic N) is 1. The molecule has 0 bridgehead atoms. The van der Waals surface area contributed by atoms with Crippen LogP contribution in [0.4, 0.5) is 0 Å². The van der Waals surface area contributed by atoms with E-state index in [1.165, 1.54) is 27.8 Å². The topological polar surface area (TPSA) is 49.4 Å². The molecule has 0 aliphatic carbocycles. The van der Waals surface area contributed by atoms with Gasteiger partial charge in [0.05, 0.1) is 5.75 Å². The number of benzene rings is 2. The van der Waals surface area contributed by atoms with E-state index in [1.807, 2.05) is 12.1 Å². The Kier molecular flexibility index (Phi) is 8.67. The number of carbonyl (C=O) groups excluding carboxylic acids is 2. The molecule has 0 aliphatic rings. The van der Waals surface area contributed by atoms with E-state index in [0.717, 1.165) is 5.75 Å². The first kappa shape index (κ1) is 22.6. The van der Waals surface area contributed by atoms with Gasteiger partial charge in [0, 0.05) is 35.0 Å². The zero-order chi connectivity index (χ0) is 20.7. The number of thioether (sulfide) groups is 1. The molecule has 2 rings (SSSR count). The minimum atomic E-state index is -0.635. The summed E-state index contributed by atoms with van der Waals surface area (Å²) in [4.78, 5) is 26.7. The highest BCUT2D eigenvalue weighted by atomic mass is 35.5. The average molecular weight is 439 g/mol. The van der Waals surface area contributed by atoms with Crippen molar-refractivity contribution in [3.8, 4) is 0 Å². The third-order valence-corrected chi connectivity index (χ3v) is 6.22. The fourth-order valence-electron chi connectivity index (χ4n) is 2.75. The van der Waals surface area contributed by atoms with Crippen LogP contribution in [0.15, 0.2) is 42.5 Å². The Hall–Kier alpha value is -1.69. The van der Waals surface area contributed by atoms with Crippen molar-refractivity contribution in [1.82, 2.24) is 10.2 Å². The van der Waals surface area contributed by atoms with Gasteiger partial charge < -0.3 is 10.2 Å². The summed E-state index contributed by atoms with van der Waals surface area (Å²) in [5.41, 5.74) is 3.03. The smallest absolute Gasteiger partial charge is 0.242 e. The predicted molar refractivity (Wildman–Crippen MR) is 118 cm³/mol. The van der Waals surface area contributed by atoms with Crippen LogP contribution >= 0.6 is 35.0 Å². The summed E-state index contributed by atoms with van der Waals surface area (Å²) < 4.78 is 0. The van der Waals surface area contributed by atoms with Crippen LogP contribution < -0.4 is 5.32 Å². The van der Waals surface area contributed by atoms with Gasteiger partial charge in [0.2, 0.25) is 11.8 Å². The van der Waals surface area contributed by atoms with E-state index in [4.69, 9.17) is 23.2 Å². The Morgan fingerprint density at radius 1 is 1.11 bits per heavy atom. The van der Waals surface area contributed by atoms with E-state index in [1.54, 1.807) is 32.2 Å². The second-order valence-electron chi connectivity index (χ2n) is 6.43. The standard InChI is InChI=1S/C21H24Cl2N2O2S/c1-14-7-4-5-8-16(14)12-28-13-20(26)25(15(2)21(27)24-3)11-17-18(22)9-6-10-19(17)23/h4-10,15H,11-13H2,1-3H3,(H,24,27). The Morgan fingerprint density at radius 3 is 2.36 bits per heavy atom. The van der Waals surface area contributed by atoms with Gasteiger partial charge in [0.1, 0.15) is 6.04 Å². The zero-order valence-electron chi connectivity index (χ0n) is 16.2. The summed E-state index contributed by atoms with van der Waals surface area (Å²) >= 11 is 14.1. The van der Waals surface area contributed by atoms with Crippen molar-refractivity contribution < 1.29 is 9.59 Å². The fourth-order valence-corrected chi connectivity index (χ4v) is 4.25. The fraction of sp³-hybridized carbons (Fsp3) is 0.333. The molecular weight excluding hydrogens is 415 g/mol. The van der Waals surface area contributed by atoms with Crippen molar-refractivity contribution >= 4 is 46.8 Å². The lowest BCUT2D eigenvalue weighted by atomic mass is 10.1. The minimum absolute atomic E-state index is 0.134. The van der Waals surface area contributed by atoms with E-state index >= 15 is 0 Å². The first-order valence-electron chi connectivity index (χ1n) is 8.91. The molecule has 2 amide bonds. The molecule has 2 aromatic rings. The maximum absolute atomic E-state index is 12.9. The maximum Gasteiger partial charge on any atom is 0.242 e. The van der Waals surface area contributed by atoms with Gasteiger partial charge in [-0.05, 0) is 37.1 Å². The van der Waals surface area contributed by atoms with Gasteiger partial charge in [-0.3, -0.25) is 9.59 Å². The first-order chi connectivity index (χ1) is 13.3. The average Bonchev–Trinajstić information content (AvgIpc) is 2.68. The molecule has 0 fully saturated rings. The Morgan fingerprint density at radius 2 is 1.75 bits per heavy atom. The number of hydrogen-bond acceptors (Lipinski definition) is 3. The molecule has 0 radical (unpaired) electrons. The number of hydrogen-bond donors (Lipinski definition) is 1. The quantitative estimate of drug-likeness (QED) is 0.649. The SMILES string of the molecule is CNC(=O)C(C)N(Cc1c(Cl)cccc1Cl)C(=O)CSCc1ccccc1C. The molecule has 0 saturated carbocycles. The molecule has 0 saturated heterocycles. The van der Waals surface area contributed by atoms with Crippen molar-refractivity contribution in [2.24, 2.45) is 0 Å². The van der Waals surface area contributed by atoms with Gasteiger partial charge in [0.15, 0.2) is 0 Å². The van der Waals surface area contributed by atoms with E-state index in [2.05, 4.69) is 24.4 Å². The van der Waals surface area contributed by atoms with Crippen LogP contribution in [0.1, 0.15) is 23.6 Å². The summed E-state index contributed by atoms with van der Waals surface area (Å²) in [6, 6.07) is 12.7. The minimum Gasteiger partial charge on any atom is -0.357 e. The highest BCUT2D eigenvalue weighted by molar-refractivity contribution is 7.99. The van der Waals surface area contributed by atoms with Crippen molar-refractivity contribution in [1.29, 1.82) is 0 Å². The first-order valence-corrected chi connectivity index (χ1v) is 10.8. The molecule has 0 heterocycles. The lowest BCUT2D eigenvalue weighted by Gasteiger charge is -2.29. The van der Waals surface area contributed by atoms with Crippen LogP contribution in [0.2, 0.25) is 10.0 Å². The van der Waals surface area contributed by atoms with E-state index in [-0.39, 0.29) is 24.1 Å². The number of carbonyl (C=O) groups is 2. The predicted octanol–water partition coefficient (Wildman–Crippen LogP) is 4.70. The Labute approximate surface area is 180 Å². The van der Waals surface area contributed by atoms with Crippen LogP contribution in [0.3, 0.4) is 0 Å². The van der Waals surface area contributed by atoms with E-state index in [0.29, 0.717) is 15.6 Å². The molecule has 28 heavy (non-hydrogen) atoms. The summed E-state index contributed by atoms with van der Waals surface area (Å²) in [5.74, 6) is 0.622. The maximum atomic E-state index is 12.9. The van der Waals surface area contributed by atoms with Crippen LogP contribution in [0.5, 0.6) is 0 Å². The molecule has 2 aromatic carbocycles. The summed E-state index contributed by atoms with van der Waals surface area (Å²) in [7, 11) is 1.55. The molecule has 4 nitrogen and oxygen atoms in total. The van der Waals surface area contributed by atoms with Crippen LogP contribution in [0.25, 0.3) is 0 Å². The lowest BCUT2D eigenvalue weighted by Crippen LogP contribution is -2.47. The van der Waals surface area contributed by atoms with Gasteiger partial charge >= 0.3 is 0 Å². The monoisotopic (exact) mass is 438 g/mol. The van der Waals surface area contributed by atoms with E-state index < -0.39 is 6.04 Å². The van der Waals surface area contributed by atoms with Crippen molar-refractivity contribution in [3.05, 3.63) is 69.2 Å². The molecule has 0 aromatic heterocycles. The normalized spacial score (nSPS) is 11.8. The summed E-state index contributed by atoms with van der Waals surface area (Å²) in [5, 5.41) is 3.55. The highest BCUT2D eigenvalue weighted by Gasteiger charge is 2.26. The number of likely N-dealkylation sites (N-methyl/N-ethyl adjacent to an activating group) is 1. The third-order valence-electron chi connectivity index (χ3n) is 4.55. The summed E-state index contributed by atoms with van der Waals surface area (Å²) in [6.07, 6.45) is 0. The molecule has 0 aliphatic heterocycles. The van der Waals surface area contributed by atoms with E-state index in [9.17, 15) is 9.59 Å². The highest BCUT2D eigenvalue weighted by Crippen LogP contribution is 2.27. The molecule has 0 spiro atoms. The molecule has 7 heteroatoms. The molecular formula is C21H24Cl2N2O2S. The van der Waals surface area contributed by atoms with Crippen molar-refractivity contribution in [2.45, 2.75) is 32.2 Å². The van der Waals surface area contributed by atoms with Gasteiger partial charge in [-0.1, -0.05) is 53.5 Å². The van der Waals surface area contributed by atoms with Gasteiger partial charge in [0.25, 0.3) is 0 Å². The number of halogens is 2. The third kappa shape index (κ3) is 5.90. The van der Waals surface area contributed by atoms with Gasteiger partial charge in [-0.2, -0.15) is 0 Å². The van der Waals surface area contributed by atoms with Gasteiger partial charge in [-0.15, -0.1) is 11.8 Å². The van der Waals surface area contributed by atoms with Crippen molar-refractivity contribution in [2.75, 3.05) is 12.8 Å². The Balaban J connectivity index is 2.13. The number of amides is 2. The molecule has 1 unspecified atom stereocenters. The van der Waals surface area contributed by atoms with Crippen molar-refractivity contribution in [3.63, 3.8) is 0 Å².